The number of hydrogen-bond acceptors (Lipinski definition) is 3. The summed E-state index contributed by atoms with van der Waals surface area (Å²) in [6, 6.07) is 1.02. The number of carboxylic acid groups (broad SMARTS) is 1. The SMILES string of the molecule is Cn1c(Cl)cnc1CN1C2CCC1CC(CC(=O)O)C2. The van der Waals surface area contributed by atoms with Gasteiger partial charge in [-0.05, 0) is 31.6 Å². The zero-order chi connectivity index (χ0) is 14.3. The second kappa shape index (κ2) is 5.37. The second-order valence-electron chi connectivity index (χ2n) is 6.05. The Labute approximate surface area is 123 Å². The largest absolute Gasteiger partial charge is 0.481 e. The Morgan fingerprint density at radius 2 is 2.10 bits per heavy atom. The predicted molar refractivity (Wildman–Crippen MR) is 75.5 cm³/mol. The molecule has 6 heteroatoms. The number of halogens is 1. The molecule has 1 N–H and O–H groups in total. The summed E-state index contributed by atoms with van der Waals surface area (Å²) in [5.41, 5.74) is 0. The molecule has 2 saturated heterocycles. The Bertz CT molecular complexity index is 503. The molecule has 0 spiro atoms. The van der Waals surface area contributed by atoms with Crippen LogP contribution in [0.5, 0.6) is 0 Å². The van der Waals surface area contributed by atoms with E-state index in [1.807, 2.05) is 11.6 Å². The minimum Gasteiger partial charge on any atom is -0.481 e. The molecule has 2 aliphatic rings. The number of carbonyl (C=O) groups is 1. The highest BCUT2D eigenvalue weighted by molar-refractivity contribution is 6.29. The molecule has 2 unspecified atom stereocenters. The van der Waals surface area contributed by atoms with Crippen LogP contribution in [0.3, 0.4) is 0 Å². The van der Waals surface area contributed by atoms with Gasteiger partial charge in [0.15, 0.2) is 0 Å². The van der Waals surface area contributed by atoms with Gasteiger partial charge >= 0.3 is 5.97 Å². The van der Waals surface area contributed by atoms with Gasteiger partial charge in [-0.2, -0.15) is 0 Å². The highest BCUT2D eigenvalue weighted by atomic mass is 35.5. The average Bonchev–Trinajstić information content (AvgIpc) is 2.81. The van der Waals surface area contributed by atoms with Crippen molar-refractivity contribution in [1.29, 1.82) is 0 Å². The van der Waals surface area contributed by atoms with Gasteiger partial charge in [-0.25, -0.2) is 4.98 Å². The highest BCUT2D eigenvalue weighted by Crippen LogP contribution is 2.40. The van der Waals surface area contributed by atoms with Gasteiger partial charge in [-0.3, -0.25) is 9.69 Å². The molecule has 0 radical (unpaired) electrons. The number of fused-ring (bicyclic) bond motifs is 2. The highest BCUT2D eigenvalue weighted by Gasteiger charge is 2.41. The van der Waals surface area contributed by atoms with Crippen LogP contribution < -0.4 is 0 Å². The third-order valence-electron chi connectivity index (χ3n) is 4.80. The molecule has 5 nitrogen and oxygen atoms in total. The monoisotopic (exact) mass is 297 g/mol. The molecule has 2 atom stereocenters. The van der Waals surface area contributed by atoms with Crippen LogP contribution >= 0.6 is 11.6 Å². The first kappa shape index (κ1) is 13.9. The third kappa shape index (κ3) is 2.56. The lowest BCUT2D eigenvalue weighted by molar-refractivity contribution is -0.138. The molecule has 20 heavy (non-hydrogen) atoms. The number of piperidine rings is 1. The van der Waals surface area contributed by atoms with E-state index in [1.54, 1.807) is 6.20 Å². The number of imidazole rings is 1. The van der Waals surface area contributed by atoms with Crippen molar-refractivity contribution in [3.63, 3.8) is 0 Å². The summed E-state index contributed by atoms with van der Waals surface area (Å²) in [6.45, 7) is 0.818. The molecule has 0 aliphatic carbocycles. The molecule has 2 bridgehead atoms. The molecule has 3 heterocycles. The minimum atomic E-state index is -0.668. The first-order valence-corrected chi connectivity index (χ1v) is 7.56. The van der Waals surface area contributed by atoms with Gasteiger partial charge < -0.3 is 9.67 Å². The zero-order valence-electron chi connectivity index (χ0n) is 11.6. The van der Waals surface area contributed by atoms with Crippen molar-refractivity contribution < 1.29 is 9.90 Å². The van der Waals surface area contributed by atoms with Crippen molar-refractivity contribution in [2.45, 2.75) is 50.7 Å². The number of aliphatic carboxylic acids is 1. The molecule has 0 aromatic carbocycles. The first-order valence-electron chi connectivity index (χ1n) is 7.18. The summed E-state index contributed by atoms with van der Waals surface area (Å²) < 4.78 is 1.92. The summed E-state index contributed by atoms with van der Waals surface area (Å²) >= 11 is 6.03. The second-order valence-corrected chi connectivity index (χ2v) is 6.44. The zero-order valence-corrected chi connectivity index (χ0v) is 12.4. The lowest BCUT2D eigenvalue weighted by atomic mass is 9.88. The average molecular weight is 298 g/mol. The molecule has 3 rings (SSSR count). The van der Waals surface area contributed by atoms with Gasteiger partial charge in [0.1, 0.15) is 11.0 Å². The van der Waals surface area contributed by atoms with E-state index in [4.69, 9.17) is 16.7 Å². The third-order valence-corrected chi connectivity index (χ3v) is 5.15. The van der Waals surface area contributed by atoms with Crippen molar-refractivity contribution in [3.05, 3.63) is 17.2 Å². The van der Waals surface area contributed by atoms with E-state index in [1.165, 1.54) is 12.8 Å². The molecular weight excluding hydrogens is 278 g/mol. The van der Waals surface area contributed by atoms with E-state index >= 15 is 0 Å². The van der Waals surface area contributed by atoms with Crippen molar-refractivity contribution in [2.75, 3.05) is 0 Å². The predicted octanol–water partition coefficient (Wildman–Crippen LogP) is 2.29. The fourth-order valence-electron chi connectivity index (χ4n) is 3.79. The molecule has 2 aliphatic heterocycles. The quantitative estimate of drug-likeness (QED) is 0.926. The molecule has 2 fully saturated rings. The Hall–Kier alpha value is -1.07. The maximum atomic E-state index is 10.9. The van der Waals surface area contributed by atoms with Crippen LogP contribution in [-0.2, 0) is 18.4 Å². The van der Waals surface area contributed by atoms with Gasteiger partial charge in [-0.15, -0.1) is 0 Å². The molecule has 1 aromatic rings. The Kier molecular flexibility index (Phi) is 3.73. The van der Waals surface area contributed by atoms with E-state index < -0.39 is 5.97 Å². The lowest BCUT2D eigenvalue weighted by Crippen LogP contribution is -2.43. The van der Waals surface area contributed by atoms with Crippen LogP contribution in [0.4, 0.5) is 0 Å². The number of hydrogen-bond donors (Lipinski definition) is 1. The van der Waals surface area contributed by atoms with Crippen molar-refractivity contribution in [2.24, 2.45) is 13.0 Å². The van der Waals surface area contributed by atoms with Crippen LogP contribution in [-0.4, -0.2) is 37.6 Å². The summed E-state index contributed by atoms with van der Waals surface area (Å²) in [7, 11) is 1.93. The Morgan fingerprint density at radius 1 is 1.45 bits per heavy atom. The van der Waals surface area contributed by atoms with Gasteiger partial charge in [0, 0.05) is 25.6 Å². The van der Waals surface area contributed by atoms with Crippen LogP contribution in [0.2, 0.25) is 5.15 Å². The summed E-state index contributed by atoms with van der Waals surface area (Å²) in [6.07, 6.45) is 6.37. The summed E-state index contributed by atoms with van der Waals surface area (Å²) in [4.78, 5) is 17.7. The van der Waals surface area contributed by atoms with Crippen LogP contribution in [0.1, 0.15) is 37.9 Å². The molecule has 1 aromatic heterocycles. The summed E-state index contributed by atoms with van der Waals surface area (Å²) in [5.74, 6) is 0.661. The first-order chi connectivity index (χ1) is 9.54. The van der Waals surface area contributed by atoms with Crippen LogP contribution in [0.25, 0.3) is 0 Å². The van der Waals surface area contributed by atoms with Crippen LogP contribution in [0, 0.1) is 5.92 Å². The van der Waals surface area contributed by atoms with E-state index in [2.05, 4.69) is 9.88 Å². The van der Waals surface area contributed by atoms with Crippen molar-refractivity contribution in [1.82, 2.24) is 14.5 Å². The van der Waals surface area contributed by atoms with Gasteiger partial charge in [0.25, 0.3) is 0 Å². The Morgan fingerprint density at radius 3 is 2.60 bits per heavy atom. The number of nitrogens with zero attached hydrogens (tertiary/aromatic N) is 3. The minimum absolute atomic E-state index is 0.315. The fraction of sp³-hybridized carbons (Fsp3) is 0.714. The number of rotatable bonds is 4. The topological polar surface area (TPSA) is 58.4 Å². The van der Waals surface area contributed by atoms with Gasteiger partial charge in [0.05, 0.1) is 12.7 Å². The lowest BCUT2D eigenvalue weighted by Gasteiger charge is -2.38. The smallest absolute Gasteiger partial charge is 0.303 e. The molecule has 0 saturated carbocycles. The fourth-order valence-corrected chi connectivity index (χ4v) is 3.94. The van der Waals surface area contributed by atoms with E-state index in [-0.39, 0.29) is 0 Å². The maximum absolute atomic E-state index is 10.9. The number of carboxylic acids is 1. The van der Waals surface area contributed by atoms with Gasteiger partial charge in [-0.1, -0.05) is 11.6 Å². The van der Waals surface area contributed by atoms with E-state index in [0.717, 1.165) is 25.2 Å². The normalized spacial score (nSPS) is 29.8. The maximum Gasteiger partial charge on any atom is 0.303 e. The molecule has 0 amide bonds. The molecule has 110 valence electrons. The standard InChI is InChI=1S/C14H20ClN3O2/c1-17-12(15)7-16-13(17)8-18-10-2-3-11(18)5-9(4-10)6-14(19)20/h7,9-11H,2-6,8H2,1H3,(H,19,20). The number of aromatic nitrogens is 2. The summed E-state index contributed by atoms with van der Waals surface area (Å²) in [5, 5.41) is 9.62. The Balaban J connectivity index is 1.68. The molecular formula is C14H20ClN3O2. The van der Waals surface area contributed by atoms with Gasteiger partial charge in [0.2, 0.25) is 0 Å². The van der Waals surface area contributed by atoms with Crippen molar-refractivity contribution in [3.8, 4) is 0 Å². The van der Waals surface area contributed by atoms with E-state index in [9.17, 15) is 4.79 Å². The van der Waals surface area contributed by atoms with Crippen molar-refractivity contribution >= 4 is 17.6 Å². The van der Waals surface area contributed by atoms with Crippen LogP contribution in [0.15, 0.2) is 6.20 Å². The van der Waals surface area contributed by atoms with E-state index in [0.29, 0.717) is 29.6 Å².